The van der Waals surface area contributed by atoms with Gasteiger partial charge in [0.15, 0.2) is 6.29 Å². The molecule has 0 saturated carbocycles. The third-order valence-corrected chi connectivity index (χ3v) is 8.11. The largest absolute Gasteiger partial charge is 0.457 e. The van der Waals surface area contributed by atoms with Gasteiger partial charge in [-0.1, -0.05) is 119 Å². The van der Waals surface area contributed by atoms with E-state index in [2.05, 4.69) is 79.8 Å². The molecular weight excluding hydrogens is 636 g/mol. The maximum Gasteiger partial charge on any atom is 0.306 e. The lowest BCUT2D eigenvalue weighted by Crippen LogP contribution is -2.59. The number of carbonyl (C=O) groups excluding carboxylic acids is 1. The van der Waals surface area contributed by atoms with Gasteiger partial charge in [0.05, 0.1) is 19.8 Å². The van der Waals surface area contributed by atoms with Gasteiger partial charge in [0, 0.05) is 13.0 Å². The Morgan fingerprint density at radius 3 is 1.72 bits per heavy atom. The maximum atomic E-state index is 12.1. The van der Waals surface area contributed by atoms with Gasteiger partial charge < -0.3 is 39.4 Å². The van der Waals surface area contributed by atoms with E-state index in [1.54, 1.807) is 0 Å². The molecule has 1 rings (SSSR count). The maximum absolute atomic E-state index is 12.1. The Balaban J connectivity index is 2.06. The quantitative estimate of drug-likeness (QED) is 0.0344. The predicted molar refractivity (Wildman–Crippen MR) is 200 cm³/mol. The van der Waals surface area contributed by atoms with E-state index in [0.29, 0.717) is 13.0 Å². The van der Waals surface area contributed by atoms with Crippen molar-refractivity contribution in [1.82, 2.24) is 0 Å². The van der Waals surface area contributed by atoms with Gasteiger partial charge in [-0.15, -0.1) is 0 Å². The Morgan fingerprint density at radius 2 is 1.18 bits per heavy atom. The Kier molecular flexibility index (Phi) is 29.7. The molecule has 50 heavy (non-hydrogen) atoms. The number of carbonyl (C=O) groups is 1. The molecule has 1 heterocycles. The first-order valence-electron chi connectivity index (χ1n) is 19.0. The Hall–Kier alpha value is -2.37. The monoisotopic (exact) mass is 704 g/mol. The zero-order chi connectivity index (χ0) is 36.5. The Morgan fingerprint density at radius 1 is 0.660 bits per heavy atom. The minimum absolute atomic E-state index is 0.126. The second-order valence-electron chi connectivity index (χ2n) is 12.6. The van der Waals surface area contributed by atoms with Gasteiger partial charge in [0.1, 0.15) is 30.5 Å². The van der Waals surface area contributed by atoms with E-state index in [9.17, 15) is 25.2 Å². The van der Waals surface area contributed by atoms with Crippen molar-refractivity contribution in [3.8, 4) is 0 Å². The highest BCUT2D eigenvalue weighted by Gasteiger charge is 2.44. The summed E-state index contributed by atoms with van der Waals surface area (Å²) in [6, 6.07) is 0. The van der Waals surface area contributed by atoms with Crippen LogP contribution in [0.4, 0.5) is 0 Å². The van der Waals surface area contributed by atoms with Gasteiger partial charge in [0.2, 0.25) is 0 Å². The molecule has 4 N–H and O–H groups in total. The average Bonchev–Trinajstić information content (AvgIpc) is 3.11. The first-order chi connectivity index (χ1) is 24.4. The van der Waals surface area contributed by atoms with E-state index in [1.165, 1.54) is 25.7 Å². The summed E-state index contributed by atoms with van der Waals surface area (Å²) < 4.78 is 22.2. The van der Waals surface area contributed by atoms with Crippen LogP contribution < -0.4 is 0 Å². The standard InChI is InChI=1S/C41H68O9/c1-3-5-6-7-8-9-10-11-12-13-14-15-16-17-18-19-20-21-22-23-24-25-26-27-28-29-31-47-33-35(49-37(43)30-4-2)34-48-41-40(46)39(45)38(44)36(32-42)50-41/h5-6,8-9,11-12,14-15,17-18,20-21,35-36,38-42,44-46H,3-4,7,10,13,16,19,22-34H2,1-2H3/b6-5-,9-8-,12-11-,15-14-,18-17-,21-20-. The second kappa shape index (κ2) is 32.5. The van der Waals surface area contributed by atoms with Crippen molar-refractivity contribution in [3.63, 3.8) is 0 Å². The van der Waals surface area contributed by atoms with Gasteiger partial charge in [-0.25, -0.2) is 0 Å². The zero-order valence-electron chi connectivity index (χ0n) is 30.9. The van der Waals surface area contributed by atoms with Crippen molar-refractivity contribution >= 4 is 5.97 Å². The highest BCUT2D eigenvalue weighted by atomic mass is 16.7. The highest BCUT2D eigenvalue weighted by Crippen LogP contribution is 2.22. The van der Waals surface area contributed by atoms with Crippen molar-refractivity contribution in [1.29, 1.82) is 0 Å². The number of rotatable bonds is 30. The van der Waals surface area contributed by atoms with Crippen LogP contribution in [-0.2, 0) is 23.7 Å². The molecule has 0 aromatic rings. The minimum Gasteiger partial charge on any atom is -0.457 e. The molecule has 0 aromatic heterocycles. The molecule has 0 aromatic carbocycles. The third-order valence-electron chi connectivity index (χ3n) is 8.11. The van der Waals surface area contributed by atoms with Gasteiger partial charge in [-0.2, -0.15) is 0 Å². The highest BCUT2D eigenvalue weighted by molar-refractivity contribution is 5.69. The topological polar surface area (TPSA) is 135 Å². The average molecular weight is 705 g/mol. The van der Waals surface area contributed by atoms with Crippen LogP contribution in [0.25, 0.3) is 0 Å². The molecule has 0 bridgehead atoms. The van der Waals surface area contributed by atoms with Crippen LogP contribution >= 0.6 is 0 Å². The van der Waals surface area contributed by atoms with Gasteiger partial charge >= 0.3 is 5.97 Å². The molecule has 1 fully saturated rings. The second-order valence-corrected chi connectivity index (χ2v) is 12.6. The number of hydrogen-bond acceptors (Lipinski definition) is 9. The summed E-state index contributed by atoms with van der Waals surface area (Å²) in [6.45, 7) is 4.01. The summed E-state index contributed by atoms with van der Waals surface area (Å²) in [6.07, 6.45) is 35.3. The van der Waals surface area contributed by atoms with Gasteiger partial charge in [-0.3, -0.25) is 4.79 Å². The van der Waals surface area contributed by atoms with Crippen LogP contribution in [0.15, 0.2) is 72.9 Å². The van der Waals surface area contributed by atoms with Crippen molar-refractivity contribution in [2.24, 2.45) is 0 Å². The van der Waals surface area contributed by atoms with Crippen LogP contribution in [0.2, 0.25) is 0 Å². The fourth-order valence-electron chi connectivity index (χ4n) is 5.18. The Labute approximate surface area is 302 Å². The van der Waals surface area contributed by atoms with E-state index in [4.69, 9.17) is 18.9 Å². The smallest absolute Gasteiger partial charge is 0.306 e. The molecule has 286 valence electrons. The molecule has 1 aliphatic rings. The molecular formula is C41H68O9. The minimum atomic E-state index is -1.54. The number of aliphatic hydroxyl groups is 4. The molecule has 0 aliphatic carbocycles. The predicted octanol–water partition coefficient (Wildman–Crippen LogP) is 7.35. The van der Waals surface area contributed by atoms with Crippen LogP contribution in [-0.4, -0.2) is 89.6 Å². The summed E-state index contributed by atoms with van der Waals surface area (Å²) >= 11 is 0. The Bertz CT molecular complexity index is 985. The van der Waals surface area contributed by atoms with Crippen LogP contribution in [0.5, 0.6) is 0 Å². The van der Waals surface area contributed by atoms with E-state index in [-0.39, 0.29) is 25.6 Å². The number of ether oxygens (including phenoxy) is 4. The third kappa shape index (κ3) is 23.9. The molecule has 0 radical (unpaired) electrons. The van der Waals surface area contributed by atoms with Crippen molar-refractivity contribution in [3.05, 3.63) is 72.9 Å². The molecule has 0 amide bonds. The molecule has 9 heteroatoms. The van der Waals surface area contributed by atoms with E-state index < -0.39 is 43.4 Å². The number of allylic oxidation sites excluding steroid dienone is 12. The van der Waals surface area contributed by atoms with Gasteiger partial charge in [0.25, 0.3) is 0 Å². The van der Waals surface area contributed by atoms with Crippen LogP contribution in [0, 0.1) is 0 Å². The lowest BCUT2D eigenvalue weighted by atomic mass is 9.99. The van der Waals surface area contributed by atoms with E-state index in [1.807, 2.05) is 6.92 Å². The normalized spacial score (nSPS) is 22.4. The van der Waals surface area contributed by atoms with E-state index in [0.717, 1.165) is 64.2 Å². The fourth-order valence-corrected chi connectivity index (χ4v) is 5.18. The van der Waals surface area contributed by atoms with Crippen LogP contribution in [0.1, 0.15) is 117 Å². The number of esters is 1. The zero-order valence-corrected chi connectivity index (χ0v) is 30.9. The van der Waals surface area contributed by atoms with Crippen molar-refractivity contribution < 1.29 is 44.2 Å². The summed E-state index contributed by atoms with van der Waals surface area (Å²) in [4.78, 5) is 12.1. The van der Waals surface area contributed by atoms with Crippen molar-refractivity contribution in [2.75, 3.05) is 26.4 Å². The molecule has 1 aliphatic heterocycles. The number of unbranched alkanes of at least 4 members (excludes halogenated alkanes) is 7. The first kappa shape index (κ1) is 45.7. The summed E-state index contributed by atoms with van der Waals surface area (Å²) in [7, 11) is 0. The molecule has 1 saturated heterocycles. The van der Waals surface area contributed by atoms with Crippen LogP contribution in [0.3, 0.4) is 0 Å². The number of aliphatic hydroxyl groups excluding tert-OH is 4. The summed E-state index contributed by atoms with van der Waals surface area (Å²) in [5.41, 5.74) is 0. The molecule has 6 atom stereocenters. The SMILES string of the molecule is CC/C=C\C/C=C\C/C=C\C/C=C\C/C=C\C/C=C\CCCCCCCCCOCC(COC1OC(CO)C(O)C(O)C1O)OC(=O)CCC. The van der Waals surface area contributed by atoms with E-state index >= 15 is 0 Å². The lowest BCUT2D eigenvalue weighted by molar-refractivity contribution is -0.305. The van der Waals surface area contributed by atoms with Gasteiger partial charge in [-0.05, 0) is 64.2 Å². The van der Waals surface area contributed by atoms with Crippen molar-refractivity contribution in [2.45, 2.75) is 153 Å². The first-order valence-corrected chi connectivity index (χ1v) is 19.0. The molecule has 0 spiro atoms. The fraction of sp³-hybridized carbons (Fsp3) is 0.683. The number of hydrogen-bond donors (Lipinski definition) is 4. The summed E-state index contributed by atoms with van der Waals surface area (Å²) in [5.74, 6) is -0.376. The molecule has 6 unspecified atom stereocenters. The molecule has 9 nitrogen and oxygen atoms in total. The summed E-state index contributed by atoms with van der Waals surface area (Å²) in [5, 5.41) is 39.5. The lowest BCUT2D eigenvalue weighted by Gasteiger charge is -2.39.